The molecule has 0 fully saturated rings. The Hall–Kier alpha value is -18.5. The lowest BCUT2D eigenvalue weighted by Crippen LogP contribution is -2.18. The molecular weight excluding hydrogens is 1730 g/mol. The number of fused-ring (bicyclic) bond motifs is 14. The fourth-order valence-corrected chi connectivity index (χ4v) is 22.0. The van der Waals surface area contributed by atoms with Crippen LogP contribution in [-0.2, 0) is 0 Å². The monoisotopic (exact) mass is 1820 g/mol. The summed E-state index contributed by atoms with van der Waals surface area (Å²) in [4.78, 5) is 9.45. The van der Waals surface area contributed by atoms with Crippen LogP contribution in [0.25, 0.3) is 153 Å². The lowest BCUT2D eigenvalue weighted by molar-refractivity contribution is 0.482. The first-order valence-electron chi connectivity index (χ1n) is 47.9. The predicted molar refractivity (Wildman–Crippen MR) is 591 cm³/mol. The van der Waals surface area contributed by atoms with Crippen LogP contribution >= 0.6 is 11.3 Å². The van der Waals surface area contributed by atoms with Gasteiger partial charge in [-0.2, -0.15) is 0 Å². The molecule has 0 aliphatic carbocycles. The second-order valence-corrected chi connectivity index (χ2v) is 36.9. The van der Waals surface area contributed by atoms with E-state index in [-0.39, 0.29) is 0 Å². The van der Waals surface area contributed by atoms with Gasteiger partial charge in [0, 0.05) is 98.9 Å². The van der Waals surface area contributed by atoms with E-state index in [2.05, 4.69) is 563 Å². The minimum atomic E-state index is 0.826. The van der Waals surface area contributed by atoms with Gasteiger partial charge >= 0.3 is 0 Å². The third kappa shape index (κ3) is 15.0. The standard InChI is InChI=1S/C68H47N3O.C64H41N3OS/c1-5-18-48(19-6-1)50-36-42-57(43-37-50)69(59-46-40-53(41-47-59)61-27-14-13-26-60(61)52-20-7-2-8-21-52)58-44-38-51(39-45-58)49-32-34-54(35-33-49)62-29-17-31-65-66(62)72-67-63-28-15-16-30-64(63)70(55-22-9-3-10-23-55)68(67)71(65)56-24-11-4-12-25-56;1-3-18-47(19-4-1)66-58-26-11-9-24-56(58)63-64(66)67(48-20-5-2-6-21-48)59-27-14-25-54(62(59)68-63)45-17-13-16-44(39-45)42-31-33-49(34-32-42)65(51-36-38-61-57(41-51)55-23-10-12-28-60(55)69-61)50-35-37-53-46(40-50)30-29-43-15-7-8-22-52(43)53/h1-47H;1-41H. The van der Waals surface area contributed by atoms with Crippen LogP contribution in [0.15, 0.2) is 534 Å². The molecule has 22 aromatic carbocycles. The highest BCUT2D eigenvalue weighted by atomic mass is 32.1. The first kappa shape index (κ1) is 83.1. The molecule has 8 nitrogen and oxygen atoms in total. The van der Waals surface area contributed by atoms with Crippen molar-refractivity contribution in [2.45, 2.75) is 0 Å². The number of rotatable bonds is 17. The molecular formula is C132H88N6O2S. The molecule has 2 aliphatic heterocycles. The zero-order chi connectivity index (χ0) is 93.2. The van der Waals surface area contributed by atoms with Gasteiger partial charge in [0.15, 0.2) is 34.6 Å². The van der Waals surface area contributed by atoms with Crippen LogP contribution in [0.2, 0.25) is 0 Å². The van der Waals surface area contributed by atoms with Gasteiger partial charge < -0.3 is 19.3 Å². The van der Waals surface area contributed by atoms with Crippen LogP contribution in [-0.4, -0.2) is 9.13 Å². The Bertz CT molecular complexity index is 9010. The Morgan fingerprint density at radius 2 is 0.504 bits per heavy atom. The number of aromatic nitrogens is 2. The average molecular weight is 1820 g/mol. The summed E-state index contributed by atoms with van der Waals surface area (Å²) in [7, 11) is 0. The van der Waals surface area contributed by atoms with E-state index in [1.165, 1.54) is 75.1 Å². The van der Waals surface area contributed by atoms with Crippen molar-refractivity contribution in [2.24, 2.45) is 0 Å². The summed E-state index contributed by atoms with van der Waals surface area (Å²) in [6.45, 7) is 0. The number of ether oxygens (including phenoxy) is 2. The first-order valence-corrected chi connectivity index (χ1v) is 48.7. The highest BCUT2D eigenvalue weighted by Crippen LogP contribution is 2.61. The smallest absolute Gasteiger partial charge is 0.178 e. The lowest BCUT2D eigenvalue weighted by atomic mass is 9.94. The summed E-state index contributed by atoms with van der Waals surface area (Å²) in [6, 6.07) is 191. The van der Waals surface area contributed by atoms with Crippen LogP contribution < -0.4 is 29.1 Å². The Labute approximate surface area is 821 Å². The summed E-state index contributed by atoms with van der Waals surface area (Å²) in [6.07, 6.45) is 0. The summed E-state index contributed by atoms with van der Waals surface area (Å²) < 4.78 is 21.6. The topological polar surface area (TPSA) is 41.3 Å². The van der Waals surface area contributed by atoms with Crippen LogP contribution in [0.4, 0.5) is 68.5 Å². The molecule has 0 saturated heterocycles. The van der Waals surface area contributed by atoms with E-state index in [1.54, 1.807) is 0 Å². The first-order chi connectivity index (χ1) is 69.9. The molecule has 0 spiro atoms. The van der Waals surface area contributed by atoms with E-state index >= 15 is 0 Å². The quantitative estimate of drug-likeness (QED) is 0.0847. The summed E-state index contributed by atoms with van der Waals surface area (Å²) >= 11 is 1.85. The van der Waals surface area contributed by atoms with Crippen molar-refractivity contribution in [3.05, 3.63) is 534 Å². The van der Waals surface area contributed by atoms with Crippen molar-refractivity contribution in [3.63, 3.8) is 0 Å². The minimum absolute atomic E-state index is 0.826. The molecule has 0 amide bonds. The molecule has 141 heavy (non-hydrogen) atoms. The highest BCUT2D eigenvalue weighted by molar-refractivity contribution is 7.25. The lowest BCUT2D eigenvalue weighted by Gasteiger charge is -2.33. The third-order valence-electron chi connectivity index (χ3n) is 27.5. The molecule has 25 aromatic rings. The number of hydrogen-bond donors (Lipinski definition) is 0. The molecule has 0 atom stereocenters. The zero-order valence-corrected chi connectivity index (χ0v) is 77.5. The number of hydrogen-bond acceptors (Lipinski definition) is 7. The summed E-state index contributed by atoms with van der Waals surface area (Å²) in [5.74, 6) is 5.27. The fourth-order valence-electron chi connectivity index (χ4n) is 20.9. The van der Waals surface area contributed by atoms with E-state index in [0.29, 0.717) is 0 Å². The Morgan fingerprint density at radius 1 is 0.177 bits per heavy atom. The second kappa shape index (κ2) is 35.6. The van der Waals surface area contributed by atoms with Gasteiger partial charge in [0.05, 0.1) is 22.4 Å². The zero-order valence-electron chi connectivity index (χ0n) is 76.7. The molecule has 3 aromatic heterocycles. The van der Waals surface area contributed by atoms with Gasteiger partial charge in [-0.3, -0.25) is 18.9 Å². The van der Waals surface area contributed by atoms with E-state index in [9.17, 15) is 0 Å². The van der Waals surface area contributed by atoms with E-state index in [1.807, 2.05) is 11.3 Å². The van der Waals surface area contributed by atoms with E-state index < -0.39 is 0 Å². The minimum Gasteiger partial charge on any atom is -0.450 e. The average Bonchev–Trinajstić information content (AvgIpc) is 1.57. The number of para-hydroxylation sites is 8. The van der Waals surface area contributed by atoms with Crippen LogP contribution in [0, 0.1) is 0 Å². The van der Waals surface area contributed by atoms with Crippen molar-refractivity contribution >= 4 is 143 Å². The van der Waals surface area contributed by atoms with Gasteiger partial charge in [-0.15, -0.1) is 11.3 Å². The summed E-state index contributed by atoms with van der Waals surface area (Å²) in [5.41, 5.74) is 30.9. The van der Waals surface area contributed by atoms with Crippen LogP contribution in [0.5, 0.6) is 23.0 Å². The Balaban J connectivity index is 0.000000145. The molecule has 9 heteroatoms. The maximum atomic E-state index is 7.23. The van der Waals surface area contributed by atoms with Crippen LogP contribution in [0.3, 0.4) is 0 Å². The maximum absolute atomic E-state index is 7.23. The summed E-state index contributed by atoms with van der Waals surface area (Å²) in [5, 5.41) is 9.66. The van der Waals surface area contributed by atoms with Gasteiger partial charge in [0.1, 0.15) is 0 Å². The van der Waals surface area contributed by atoms with Gasteiger partial charge in [0.2, 0.25) is 0 Å². The van der Waals surface area contributed by atoms with Gasteiger partial charge in [-0.05, 0) is 264 Å². The number of nitrogens with zero attached hydrogens (tertiary/aromatic N) is 6. The van der Waals surface area contributed by atoms with Crippen molar-refractivity contribution in [1.82, 2.24) is 9.13 Å². The SMILES string of the molecule is c1ccc(-c2ccc(N(c3ccc(-c4ccc(-c5cccc6c5Oc5c(n(-c7ccccc7)c7ccccc57)N6c5ccccc5)cc4)cc3)c3ccc(-c4ccccc4-c4ccccc4)cc3)cc2)cc1.c1ccc(N2c3cccc(-c4cccc(-c5ccc(N(c6ccc7c(ccc8ccccc87)c6)c6ccc7sc8ccccc8c7c6)cc5)c4)c3Oc3c2n(-c2ccccc2)c2ccccc32)cc1. The van der Waals surface area contributed by atoms with Crippen molar-refractivity contribution in [3.8, 4) is 112 Å². The largest absolute Gasteiger partial charge is 0.450 e. The maximum Gasteiger partial charge on any atom is 0.178 e. The Kier molecular flexibility index (Phi) is 21.0. The molecule has 0 saturated carbocycles. The van der Waals surface area contributed by atoms with Crippen molar-refractivity contribution in [1.29, 1.82) is 0 Å². The molecule has 0 unspecified atom stereocenters. The molecule has 664 valence electrons. The molecule has 0 radical (unpaired) electrons. The van der Waals surface area contributed by atoms with Crippen molar-refractivity contribution in [2.75, 3.05) is 19.6 Å². The van der Waals surface area contributed by atoms with E-state index in [0.717, 1.165) is 169 Å². The predicted octanol–water partition coefficient (Wildman–Crippen LogP) is 37.7. The van der Waals surface area contributed by atoms with Gasteiger partial charge in [0.25, 0.3) is 0 Å². The van der Waals surface area contributed by atoms with Crippen molar-refractivity contribution < 1.29 is 9.47 Å². The van der Waals surface area contributed by atoms with E-state index in [4.69, 9.17) is 9.47 Å². The van der Waals surface area contributed by atoms with Crippen LogP contribution in [0.1, 0.15) is 0 Å². The number of anilines is 12. The third-order valence-corrected chi connectivity index (χ3v) is 28.7. The van der Waals surface area contributed by atoms with Gasteiger partial charge in [-0.1, -0.05) is 358 Å². The molecule has 2 aliphatic rings. The second-order valence-electron chi connectivity index (χ2n) is 35.8. The fraction of sp³-hybridized carbons (Fsp3) is 0. The molecule has 27 rings (SSSR count). The Morgan fingerprint density at radius 3 is 1.04 bits per heavy atom. The van der Waals surface area contributed by atoms with Gasteiger partial charge in [-0.25, -0.2) is 0 Å². The number of benzene rings is 22. The molecule has 0 bridgehead atoms. The molecule has 0 N–H and O–H groups in total. The molecule has 5 heterocycles. The number of thiophene rings is 1. The highest BCUT2D eigenvalue weighted by Gasteiger charge is 2.37. The normalized spacial score (nSPS) is 11.9.